The lowest BCUT2D eigenvalue weighted by Crippen LogP contribution is -2.02. The SMILES string of the molecule is Cc1ccccc1Cn1cc(C(=O)O)cn1. The second-order valence-corrected chi connectivity index (χ2v) is 3.66. The third-order valence-electron chi connectivity index (χ3n) is 2.47. The first-order valence-electron chi connectivity index (χ1n) is 4.97. The molecule has 82 valence electrons. The highest BCUT2D eigenvalue weighted by Crippen LogP contribution is 2.09. The number of benzene rings is 1. The van der Waals surface area contributed by atoms with Crippen molar-refractivity contribution in [3.8, 4) is 0 Å². The number of carbonyl (C=O) groups is 1. The molecule has 4 nitrogen and oxygen atoms in total. The number of nitrogens with zero attached hydrogens (tertiary/aromatic N) is 2. The zero-order valence-corrected chi connectivity index (χ0v) is 8.92. The second-order valence-electron chi connectivity index (χ2n) is 3.66. The van der Waals surface area contributed by atoms with Crippen LogP contribution in [0, 0.1) is 6.92 Å². The monoisotopic (exact) mass is 216 g/mol. The van der Waals surface area contributed by atoms with Gasteiger partial charge in [-0.3, -0.25) is 4.68 Å². The maximum Gasteiger partial charge on any atom is 0.338 e. The van der Waals surface area contributed by atoms with Crippen molar-refractivity contribution in [2.24, 2.45) is 0 Å². The van der Waals surface area contributed by atoms with Crippen LogP contribution in [-0.2, 0) is 6.54 Å². The molecule has 0 saturated heterocycles. The Balaban J connectivity index is 2.21. The van der Waals surface area contributed by atoms with Crippen LogP contribution in [0.3, 0.4) is 0 Å². The maximum absolute atomic E-state index is 10.7. The van der Waals surface area contributed by atoms with Gasteiger partial charge in [-0.25, -0.2) is 4.79 Å². The Kier molecular flexibility index (Phi) is 2.72. The van der Waals surface area contributed by atoms with Crippen molar-refractivity contribution in [2.75, 3.05) is 0 Å². The van der Waals surface area contributed by atoms with Crippen molar-refractivity contribution < 1.29 is 9.90 Å². The second kappa shape index (κ2) is 4.18. The Labute approximate surface area is 93.1 Å². The third-order valence-corrected chi connectivity index (χ3v) is 2.47. The van der Waals surface area contributed by atoms with Gasteiger partial charge in [0.15, 0.2) is 0 Å². The Morgan fingerprint density at radius 3 is 2.81 bits per heavy atom. The van der Waals surface area contributed by atoms with Gasteiger partial charge in [-0.2, -0.15) is 5.10 Å². The third kappa shape index (κ3) is 2.11. The molecular weight excluding hydrogens is 204 g/mol. The van der Waals surface area contributed by atoms with Gasteiger partial charge < -0.3 is 5.11 Å². The van der Waals surface area contributed by atoms with Crippen LogP contribution in [0.25, 0.3) is 0 Å². The number of aromatic carboxylic acids is 1. The van der Waals surface area contributed by atoms with Gasteiger partial charge in [0.2, 0.25) is 0 Å². The smallest absolute Gasteiger partial charge is 0.338 e. The summed E-state index contributed by atoms with van der Waals surface area (Å²) in [7, 11) is 0. The summed E-state index contributed by atoms with van der Waals surface area (Å²) in [5.41, 5.74) is 2.53. The van der Waals surface area contributed by atoms with Crippen molar-refractivity contribution >= 4 is 5.97 Å². The molecule has 1 aromatic heterocycles. The first-order chi connectivity index (χ1) is 7.66. The molecule has 0 atom stereocenters. The van der Waals surface area contributed by atoms with Gasteiger partial charge in [-0.15, -0.1) is 0 Å². The van der Waals surface area contributed by atoms with E-state index in [2.05, 4.69) is 5.10 Å². The summed E-state index contributed by atoms with van der Waals surface area (Å²) < 4.78 is 1.63. The highest BCUT2D eigenvalue weighted by Gasteiger charge is 2.06. The lowest BCUT2D eigenvalue weighted by atomic mass is 10.1. The number of hydrogen-bond donors (Lipinski definition) is 1. The molecule has 2 aromatic rings. The largest absolute Gasteiger partial charge is 0.478 e. The minimum Gasteiger partial charge on any atom is -0.478 e. The molecule has 2 rings (SSSR count). The molecule has 1 heterocycles. The molecule has 0 fully saturated rings. The van der Waals surface area contributed by atoms with Crippen molar-refractivity contribution in [1.82, 2.24) is 9.78 Å². The zero-order chi connectivity index (χ0) is 11.5. The maximum atomic E-state index is 10.7. The first kappa shape index (κ1) is 10.4. The van der Waals surface area contributed by atoms with Crippen LogP contribution in [0.2, 0.25) is 0 Å². The van der Waals surface area contributed by atoms with Crippen LogP contribution in [0.15, 0.2) is 36.7 Å². The molecule has 1 aromatic carbocycles. The lowest BCUT2D eigenvalue weighted by molar-refractivity contribution is 0.0697. The molecule has 4 heteroatoms. The summed E-state index contributed by atoms with van der Waals surface area (Å²) in [6, 6.07) is 7.98. The van der Waals surface area contributed by atoms with E-state index in [0.29, 0.717) is 6.54 Å². The molecule has 0 radical (unpaired) electrons. The van der Waals surface area contributed by atoms with E-state index in [-0.39, 0.29) is 5.56 Å². The molecule has 0 saturated carbocycles. The lowest BCUT2D eigenvalue weighted by Gasteiger charge is -2.04. The minimum atomic E-state index is -0.948. The Bertz CT molecular complexity index is 517. The standard InChI is InChI=1S/C12H12N2O2/c1-9-4-2-3-5-10(9)7-14-8-11(6-13-14)12(15)16/h2-6,8H,7H2,1H3,(H,15,16). The van der Waals surface area contributed by atoms with Crippen LogP contribution in [0.5, 0.6) is 0 Å². The van der Waals surface area contributed by atoms with E-state index in [1.165, 1.54) is 18.0 Å². The number of hydrogen-bond acceptors (Lipinski definition) is 2. The van der Waals surface area contributed by atoms with Crippen LogP contribution in [0.4, 0.5) is 0 Å². The summed E-state index contributed by atoms with van der Waals surface area (Å²) >= 11 is 0. The molecular formula is C12H12N2O2. The normalized spacial score (nSPS) is 10.3. The fourth-order valence-electron chi connectivity index (χ4n) is 1.52. The Hall–Kier alpha value is -2.10. The van der Waals surface area contributed by atoms with E-state index in [1.807, 2.05) is 31.2 Å². The van der Waals surface area contributed by atoms with E-state index in [0.717, 1.165) is 5.56 Å². The van der Waals surface area contributed by atoms with Crippen LogP contribution < -0.4 is 0 Å². The predicted molar refractivity (Wildman–Crippen MR) is 59.5 cm³/mol. The summed E-state index contributed by atoms with van der Waals surface area (Å²) in [6.07, 6.45) is 2.90. The molecule has 1 N–H and O–H groups in total. The fraction of sp³-hybridized carbons (Fsp3) is 0.167. The van der Waals surface area contributed by atoms with Crippen molar-refractivity contribution in [3.63, 3.8) is 0 Å². The average Bonchev–Trinajstić information content (AvgIpc) is 2.70. The molecule has 0 aliphatic heterocycles. The minimum absolute atomic E-state index is 0.216. The molecule has 0 aliphatic carbocycles. The molecule has 0 amide bonds. The number of aryl methyl sites for hydroxylation is 1. The Morgan fingerprint density at radius 2 is 2.19 bits per heavy atom. The fourth-order valence-corrected chi connectivity index (χ4v) is 1.52. The van der Waals surface area contributed by atoms with Gasteiger partial charge in [0.25, 0.3) is 0 Å². The number of carboxylic acid groups (broad SMARTS) is 1. The van der Waals surface area contributed by atoms with Gasteiger partial charge in [-0.1, -0.05) is 24.3 Å². The van der Waals surface area contributed by atoms with Crippen molar-refractivity contribution in [3.05, 3.63) is 53.3 Å². The first-order valence-corrected chi connectivity index (χ1v) is 4.97. The van der Waals surface area contributed by atoms with Gasteiger partial charge in [0.05, 0.1) is 18.3 Å². The van der Waals surface area contributed by atoms with Crippen molar-refractivity contribution in [1.29, 1.82) is 0 Å². The van der Waals surface area contributed by atoms with E-state index >= 15 is 0 Å². The molecule has 16 heavy (non-hydrogen) atoms. The van der Waals surface area contributed by atoms with Gasteiger partial charge in [-0.05, 0) is 18.1 Å². The quantitative estimate of drug-likeness (QED) is 0.853. The van der Waals surface area contributed by atoms with Crippen LogP contribution in [0.1, 0.15) is 21.5 Å². The Morgan fingerprint density at radius 1 is 1.44 bits per heavy atom. The van der Waals surface area contributed by atoms with Gasteiger partial charge in [0.1, 0.15) is 0 Å². The highest BCUT2D eigenvalue weighted by molar-refractivity contribution is 5.86. The van der Waals surface area contributed by atoms with E-state index in [1.54, 1.807) is 4.68 Å². The zero-order valence-electron chi connectivity index (χ0n) is 8.92. The predicted octanol–water partition coefficient (Wildman–Crippen LogP) is 1.94. The van der Waals surface area contributed by atoms with Gasteiger partial charge >= 0.3 is 5.97 Å². The highest BCUT2D eigenvalue weighted by atomic mass is 16.4. The topological polar surface area (TPSA) is 55.1 Å². The molecule has 0 bridgehead atoms. The number of aromatic nitrogens is 2. The summed E-state index contributed by atoms with van der Waals surface area (Å²) in [5.74, 6) is -0.948. The summed E-state index contributed by atoms with van der Waals surface area (Å²) in [4.78, 5) is 10.7. The molecule has 0 spiro atoms. The van der Waals surface area contributed by atoms with Crippen molar-refractivity contribution in [2.45, 2.75) is 13.5 Å². The number of carboxylic acids is 1. The summed E-state index contributed by atoms with van der Waals surface area (Å²) in [5, 5.41) is 12.8. The van der Waals surface area contributed by atoms with Crippen LogP contribution >= 0.6 is 0 Å². The average molecular weight is 216 g/mol. The van der Waals surface area contributed by atoms with Crippen LogP contribution in [-0.4, -0.2) is 20.9 Å². The number of rotatable bonds is 3. The van der Waals surface area contributed by atoms with Gasteiger partial charge in [0, 0.05) is 6.20 Å². The molecule has 0 unspecified atom stereocenters. The molecule has 0 aliphatic rings. The summed E-state index contributed by atoms with van der Waals surface area (Å²) in [6.45, 7) is 2.62. The van der Waals surface area contributed by atoms with E-state index in [9.17, 15) is 4.79 Å². The van der Waals surface area contributed by atoms with E-state index in [4.69, 9.17) is 5.11 Å². The van der Waals surface area contributed by atoms with E-state index < -0.39 is 5.97 Å².